The van der Waals surface area contributed by atoms with Crippen LogP contribution in [0.15, 0.2) is 4.99 Å². The Morgan fingerprint density at radius 3 is 2.68 bits per heavy atom. The van der Waals surface area contributed by atoms with Crippen molar-refractivity contribution in [2.24, 2.45) is 4.99 Å². The van der Waals surface area contributed by atoms with Crippen molar-refractivity contribution in [3.63, 3.8) is 0 Å². The third-order valence-electron chi connectivity index (χ3n) is 3.26. The minimum atomic E-state index is -0.544. The number of urea groups is 1. The van der Waals surface area contributed by atoms with Gasteiger partial charge in [-0.15, -0.1) is 0 Å². The molecule has 8 heteroatoms. The van der Waals surface area contributed by atoms with Crippen molar-refractivity contribution in [1.82, 2.24) is 15.1 Å². The molecule has 19 heavy (non-hydrogen) atoms. The van der Waals surface area contributed by atoms with E-state index in [-0.39, 0.29) is 11.9 Å². The molecule has 2 heterocycles. The van der Waals surface area contributed by atoms with Crippen molar-refractivity contribution >= 4 is 23.7 Å². The molecule has 1 atom stereocenters. The molecule has 0 aromatic carbocycles. The third kappa shape index (κ3) is 2.07. The van der Waals surface area contributed by atoms with Gasteiger partial charge in [-0.2, -0.15) is 0 Å². The first-order valence-electron chi connectivity index (χ1n) is 5.95. The van der Waals surface area contributed by atoms with Crippen LogP contribution in [0, 0.1) is 0 Å². The van der Waals surface area contributed by atoms with E-state index in [9.17, 15) is 9.59 Å². The van der Waals surface area contributed by atoms with Gasteiger partial charge in [-0.05, 0) is 0 Å². The third-order valence-corrected chi connectivity index (χ3v) is 3.26. The average Bonchev–Trinajstić information content (AvgIpc) is 2.72. The summed E-state index contributed by atoms with van der Waals surface area (Å²) in [7, 11) is 6.47. The van der Waals surface area contributed by atoms with Crippen molar-refractivity contribution < 1.29 is 18.9 Å². The van der Waals surface area contributed by atoms with Gasteiger partial charge < -0.3 is 4.74 Å². The minimum Gasteiger partial charge on any atom is -0.381 e. The zero-order valence-electron chi connectivity index (χ0n) is 11.5. The molecule has 3 amide bonds. The highest BCUT2D eigenvalue weighted by Crippen LogP contribution is 2.16. The predicted molar refractivity (Wildman–Crippen MR) is 68.2 cm³/mol. The lowest BCUT2D eigenvalue weighted by molar-refractivity contribution is -0.507. The summed E-state index contributed by atoms with van der Waals surface area (Å²) >= 11 is 0. The van der Waals surface area contributed by atoms with Gasteiger partial charge in [0.05, 0.1) is 20.2 Å². The van der Waals surface area contributed by atoms with E-state index in [0.29, 0.717) is 24.9 Å². The molecule has 2 aliphatic heterocycles. The molecule has 2 rings (SSSR count). The van der Waals surface area contributed by atoms with Gasteiger partial charge in [0.15, 0.2) is 0 Å². The Bertz CT molecular complexity index is 485. The summed E-state index contributed by atoms with van der Waals surface area (Å²) in [5, 5.41) is 3.08. The van der Waals surface area contributed by atoms with E-state index in [1.165, 1.54) is 11.9 Å². The molecule has 0 aromatic rings. The van der Waals surface area contributed by atoms with E-state index >= 15 is 0 Å². The Labute approximate surface area is 111 Å². The van der Waals surface area contributed by atoms with Crippen molar-refractivity contribution in [1.29, 1.82) is 0 Å². The average molecular weight is 268 g/mol. The first-order chi connectivity index (χ1) is 8.99. The second-order valence-corrected chi connectivity index (χ2v) is 4.47. The first-order valence-corrected chi connectivity index (χ1v) is 5.95. The molecular formula is C11H18N5O3+. The highest BCUT2D eigenvalue weighted by Gasteiger charge is 2.50. The molecule has 0 saturated carbocycles. The van der Waals surface area contributed by atoms with Crippen LogP contribution in [0.2, 0.25) is 0 Å². The van der Waals surface area contributed by atoms with E-state index < -0.39 is 6.04 Å². The van der Waals surface area contributed by atoms with Crippen LogP contribution in [0.1, 0.15) is 0 Å². The van der Waals surface area contributed by atoms with E-state index in [2.05, 4.69) is 10.3 Å². The number of methoxy groups -OCH3 is 1. The molecule has 0 aliphatic carbocycles. The molecule has 0 spiro atoms. The lowest BCUT2D eigenvalue weighted by atomic mass is 10.2. The fraction of sp³-hybridized carbons (Fsp3) is 0.636. The van der Waals surface area contributed by atoms with Crippen molar-refractivity contribution in [3.8, 4) is 0 Å². The number of nitrogens with zero attached hydrogens (tertiary/aromatic N) is 4. The van der Waals surface area contributed by atoms with Gasteiger partial charge in [0.2, 0.25) is 11.9 Å². The molecule has 2 aliphatic rings. The van der Waals surface area contributed by atoms with E-state index in [4.69, 9.17) is 4.74 Å². The highest BCUT2D eigenvalue weighted by atomic mass is 16.5. The van der Waals surface area contributed by atoms with Crippen LogP contribution in [0.3, 0.4) is 0 Å². The summed E-state index contributed by atoms with van der Waals surface area (Å²) in [6.07, 6.45) is 0. The quantitative estimate of drug-likeness (QED) is 0.500. The van der Waals surface area contributed by atoms with Gasteiger partial charge in [-0.3, -0.25) is 19.9 Å². The molecule has 1 N–H and O–H groups in total. The minimum absolute atomic E-state index is 0.270. The van der Waals surface area contributed by atoms with Crippen molar-refractivity contribution in [3.05, 3.63) is 0 Å². The smallest absolute Gasteiger partial charge is 0.381 e. The summed E-state index contributed by atoms with van der Waals surface area (Å²) < 4.78 is 6.68. The lowest BCUT2D eigenvalue weighted by Crippen LogP contribution is -2.61. The second-order valence-electron chi connectivity index (χ2n) is 4.47. The number of carbonyl (C=O) groups is 2. The highest BCUT2D eigenvalue weighted by molar-refractivity contribution is 6.22. The molecular weight excluding hydrogens is 250 g/mol. The maximum absolute atomic E-state index is 12.1. The van der Waals surface area contributed by atoms with Crippen LogP contribution in [0.4, 0.5) is 4.79 Å². The number of carbonyl (C=O) groups excluding carboxylic acids is 2. The zero-order chi connectivity index (χ0) is 14.2. The lowest BCUT2D eigenvalue weighted by Gasteiger charge is -2.31. The molecule has 104 valence electrons. The van der Waals surface area contributed by atoms with Crippen LogP contribution >= 0.6 is 0 Å². The van der Waals surface area contributed by atoms with Crippen LogP contribution in [0.25, 0.3) is 0 Å². The van der Waals surface area contributed by atoms with Gasteiger partial charge >= 0.3 is 12.0 Å². The maximum Gasteiger partial charge on any atom is 0.389 e. The Kier molecular flexibility index (Phi) is 3.52. The summed E-state index contributed by atoms with van der Waals surface area (Å²) in [5.41, 5.74) is 0. The SMILES string of the molecule is COCCNC1=[N+](C)C2C(=O)N(C)C(=O)N(C)C2=N1. The molecule has 1 unspecified atom stereocenters. The Morgan fingerprint density at radius 2 is 2.05 bits per heavy atom. The number of hydrogen-bond acceptors (Lipinski definition) is 5. The van der Waals surface area contributed by atoms with E-state index in [0.717, 1.165) is 4.90 Å². The second kappa shape index (κ2) is 4.96. The van der Waals surface area contributed by atoms with Gasteiger partial charge in [-0.1, -0.05) is 4.99 Å². The van der Waals surface area contributed by atoms with Gasteiger partial charge in [-0.25, -0.2) is 9.37 Å². The molecule has 0 aromatic heterocycles. The van der Waals surface area contributed by atoms with Crippen LogP contribution in [-0.4, -0.2) is 85.6 Å². The van der Waals surface area contributed by atoms with Gasteiger partial charge in [0, 0.05) is 21.2 Å². The number of ether oxygens (including phenoxy) is 1. The normalized spacial score (nSPS) is 22.9. The number of imide groups is 1. The predicted octanol–water partition coefficient (Wildman–Crippen LogP) is -1.47. The van der Waals surface area contributed by atoms with E-state index in [1.54, 1.807) is 25.8 Å². The number of hydrogen-bond donors (Lipinski definition) is 1. The molecule has 8 nitrogen and oxygen atoms in total. The number of nitrogens with one attached hydrogen (secondary N) is 1. The summed E-state index contributed by atoms with van der Waals surface area (Å²) in [5.74, 6) is 0.753. The monoisotopic (exact) mass is 268 g/mol. The van der Waals surface area contributed by atoms with Crippen LogP contribution in [-0.2, 0) is 9.53 Å². The number of rotatable bonds is 3. The van der Waals surface area contributed by atoms with Gasteiger partial charge in [0.25, 0.3) is 5.91 Å². The number of amides is 3. The number of fused-ring (bicyclic) bond motifs is 1. The summed E-state index contributed by atoms with van der Waals surface area (Å²) in [6.45, 7) is 1.12. The Balaban J connectivity index is 2.25. The maximum atomic E-state index is 12.1. The van der Waals surface area contributed by atoms with Crippen LogP contribution in [0.5, 0.6) is 0 Å². The number of amidine groups is 1. The Morgan fingerprint density at radius 1 is 1.37 bits per heavy atom. The van der Waals surface area contributed by atoms with Crippen LogP contribution < -0.4 is 5.32 Å². The zero-order valence-corrected chi connectivity index (χ0v) is 11.5. The largest absolute Gasteiger partial charge is 0.389 e. The number of aliphatic imine (C=N–C) groups is 1. The summed E-state index contributed by atoms with van der Waals surface area (Å²) in [6, 6.07) is -0.913. The molecule has 0 radical (unpaired) electrons. The summed E-state index contributed by atoms with van der Waals surface area (Å²) in [4.78, 5) is 30.8. The fourth-order valence-corrected chi connectivity index (χ4v) is 2.11. The molecule has 0 bridgehead atoms. The van der Waals surface area contributed by atoms with Crippen molar-refractivity contribution in [2.45, 2.75) is 6.04 Å². The number of likely N-dealkylation sites (N-methyl/N-ethyl adjacent to an activating group) is 3. The topological polar surface area (TPSA) is 77.2 Å². The first kappa shape index (κ1) is 13.5. The van der Waals surface area contributed by atoms with Crippen molar-refractivity contribution in [2.75, 3.05) is 41.4 Å². The molecule has 1 saturated heterocycles. The Hall–Kier alpha value is -1.96. The fourth-order valence-electron chi connectivity index (χ4n) is 2.11. The standard InChI is InChI=1S/C11H17N5O3/c1-14-7-8(13-10(14)12-5-6-19-4)15(2)11(18)16(3)9(7)17/h7H,5-6H2,1-4H3/p+1. The van der Waals surface area contributed by atoms with Gasteiger partial charge in [0.1, 0.15) is 0 Å². The van der Waals surface area contributed by atoms with E-state index in [1.807, 2.05) is 0 Å². The molecule has 1 fully saturated rings. The number of guanidine groups is 1.